The zero-order valence-corrected chi connectivity index (χ0v) is 22.1. The van der Waals surface area contributed by atoms with E-state index in [1.807, 2.05) is 17.9 Å². The van der Waals surface area contributed by atoms with Gasteiger partial charge in [0.05, 0.1) is 11.1 Å². The average Bonchev–Trinajstić information content (AvgIpc) is 3.40. The summed E-state index contributed by atoms with van der Waals surface area (Å²) in [4.78, 5) is 34.3. The molecule has 3 aliphatic rings. The monoisotopic (exact) mass is 532 g/mol. The molecule has 38 heavy (non-hydrogen) atoms. The van der Waals surface area contributed by atoms with Crippen molar-refractivity contribution < 1.29 is 14.0 Å². The summed E-state index contributed by atoms with van der Waals surface area (Å²) in [7, 11) is 0. The zero-order valence-electron chi connectivity index (χ0n) is 21.4. The Morgan fingerprint density at radius 1 is 1.00 bits per heavy atom. The summed E-state index contributed by atoms with van der Waals surface area (Å²) < 4.78 is 14.9. The van der Waals surface area contributed by atoms with E-state index in [9.17, 15) is 14.0 Å². The van der Waals surface area contributed by atoms with Crippen molar-refractivity contribution >= 4 is 40.8 Å². The molecule has 1 saturated heterocycles. The van der Waals surface area contributed by atoms with Crippen LogP contribution in [0.25, 0.3) is 22.8 Å². The molecular weight excluding hydrogens is 503 g/mol. The number of nitrogens with zero attached hydrogens (tertiary/aromatic N) is 2. The Kier molecular flexibility index (Phi) is 6.58. The van der Waals surface area contributed by atoms with E-state index in [2.05, 4.69) is 15.2 Å². The lowest BCUT2D eigenvalue weighted by Crippen LogP contribution is -2.43. The van der Waals surface area contributed by atoms with Gasteiger partial charge in [-0.15, -0.1) is 0 Å². The van der Waals surface area contributed by atoms with Crippen molar-refractivity contribution in [3.05, 3.63) is 75.3 Å². The standard InChI is InChI=1S/C30H30ClFN4O2/c1-18-26(33-25-10-13-36(30(38)27(18)25)15-14-35-11-3-2-4-12-35)17-22-28-21(6-5-7-24(28)34-29(22)37)20-9-8-19(31)16-23(20)32/h5-9,16-17,33H,2-4,10-15H2,1H3,(H,34,37). The Morgan fingerprint density at radius 3 is 2.61 bits per heavy atom. The van der Waals surface area contributed by atoms with E-state index in [1.54, 1.807) is 30.3 Å². The number of aromatic nitrogens is 1. The molecule has 0 spiro atoms. The maximum absolute atomic E-state index is 14.9. The van der Waals surface area contributed by atoms with Crippen LogP contribution in [0.2, 0.25) is 5.02 Å². The molecule has 196 valence electrons. The summed E-state index contributed by atoms with van der Waals surface area (Å²) in [6.07, 6.45) is 6.29. The molecule has 0 radical (unpaired) electrons. The Bertz CT molecular complexity index is 1470. The molecule has 6 rings (SSSR count). The third-order valence-corrected chi connectivity index (χ3v) is 8.21. The number of anilines is 1. The van der Waals surface area contributed by atoms with Crippen molar-refractivity contribution in [1.29, 1.82) is 0 Å². The van der Waals surface area contributed by atoms with Crippen molar-refractivity contribution in [3.8, 4) is 11.1 Å². The van der Waals surface area contributed by atoms with E-state index >= 15 is 0 Å². The highest BCUT2D eigenvalue weighted by Gasteiger charge is 2.32. The number of rotatable bonds is 5. The first-order valence-electron chi connectivity index (χ1n) is 13.3. The summed E-state index contributed by atoms with van der Waals surface area (Å²) in [5, 5.41) is 3.22. The molecule has 2 N–H and O–H groups in total. The average molecular weight is 533 g/mol. The molecule has 1 aromatic heterocycles. The molecule has 6 nitrogen and oxygen atoms in total. The Hall–Kier alpha value is -3.42. The molecule has 0 unspecified atom stereocenters. The van der Waals surface area contributed by atoms with E-state index in [4.69, 9.17) is 11.6 Å². The first-order valence-corrected chi connectivity index (χ1v) is 13.6. The predicted molar refractivity (Wildman–Crippen MR) is 149 cm³/mol. The molecule has 0 aliphatic carbocycles. The van der Waals surface area contributed by atoms with Crippen molar-refractivity contribution in [3.63, 3.8) is 0 Å². The fourth-order valence-corrected chi connectivity index (χ4v) is 6.09. The van der Waals surface area contributed by atoms with Crippen LogP contribution in [0.4, 0.5) is 10.1 Å². The lowest BCUT2D eigenvalue weighted by Gasteiger charge is -2.32. The highest BCUT2D eigenvalue weighted by molar-refractivity contribution is 6.36. The van der Waals surface area contributed by atoms with Crippen molar-refractivity contribution in [2.45, 2.75) is 32.6 Å². The lowest BCUT2D eigenvalue weighted by molar-refractivity contribution is -0.110. The number of carbonyl (C=O) groups excluding carboxylic acids is 2. The fraction of sp³-hybridized carbons (Fsp3) is 0.333. The van der Waals surface area contributed by atoms with Gasteiger partial charge in [0, 0.05) is 59.3 Å². The molecule has 0 saturated carbocycles. The zero-order chi connectivity index (χ0) is 26.4. The highest BCUT2D eigenvalue weighted by Crippen LogP contribution is 2.42. The number of fused-ring (bicyclic) bond motifs is 2. The number of hydrogen-bond donors (Lipinski definition) is 2. The number of nitrogens with one attached hydrogen (secondary N) is 2. The third kappa shape index (κ3) is 4.44. The maximum Gasteiger partial charge on any atom is 0.256 e. The molecular formula is C30H30ClFN4O2. The molecule has 0 atom stereocenters. The van der Waals surface area contributed by atoms with Crippen LogP contribution < -0.4 is 5.32 Å². The second kappa shape index (κ2) is 10.0. The lowest BCUT2D eigenvalue weighted by atomic mass is 9.93. The molecule has 8 heteroatoms. The minimum absolute atomic E-state index is 0.0434. The molecule has 3 aliphatic heterocycles. The van der Waals surface area contributed by atoms with Crippen LogP contribution in [-0.4, -0.2) is 59.3 Å². The van der Waals surface area contributed by atoms with Gasteiger partial charge >= 0.3 is 0 Å². The number of piperidine rings is 1. The number of carbonyl (C=O) groups is 2. The number of aromatic amines is 1. The predicted octanol–water partition coefficient (Wildman–Crippen LogP) is 5.76. The third-order valence-electron chi connectivity index (χ3n) is 7.97. The van der Waals surface area contributed by atoms with Crippen LogP contribution in [0.1, 0.15) is 52.1 Å². The van der Waals surface area contributed by atoms with Crippen molar-refractivity contribution in [2.24, 2.45) is 0 Å². The number of amides is 2. The van der Waals surface area contributed by atoms with Gasteiger partial charge in [0.15, 0.2) is 0 Å². The SMILES string of the molecule is Cc1c(C=C2C(=O)Nc3cccc(-c4ccc(Cl)cc4F)c32)[nH]c2c1C(=O)N(CCN1CCCCC1)CC2. The number of H-pyrrole nitrogens is 1. The summed E-state index contributed by atoms with van der Waals surface area (Å²) in [5.74, 6) is -0.670. The van der Waals surface area contributed by atoms with Crippen LogP contribution in [-0.2, 0) is 11.2 Å². The molecule has 2 amide bonds. The van der Waals surface area contributed by atoms with E-state index in [0.29, 0.717) is 45.1 Å². The first kappa shape index (κ1) is 24.9. The minimum atomic E-state index is -0.452. The van der Waals surface area contributed by atoms with Crippen molar-refractivity contribution in [2.75, 3.05) is 38.0 Å². The van der Waals surface area contributed by atoms with Crippen LogP contribution in [0.15, 0.2) is 36.4 Å². The van der Waals surface area contributed by atoms with E-state index < -0.39 is 5.82 Å². The van der Waals surface area contributed by atoms with E-state index in [-0.39, 0.29) is 11.8 Å². The van der Waals surface area contributed by atoms with E-state index in [1.165, 1.54) is 25.3 Å². The molecule has 4 heterocycles. The highest BCUT2D eigenvalue weighted by atomic mass is 35.5. The van der Waals surface area contributed by atoms with Gasteiger partial charge in [-0.2, -0.15) is 0 Å². The Morgan fingerprint density at radius 2 is 1.82 bits per heavy atom. The Labute approximate surface area is 226 Å². The maximum atomic E-state index is 14.9. The second-order valence-corrected chi connectivity index (χ2v) is 10.8. The molecule has 1 fully saturated rings. The summed E-state index contributed by atoms with van der Waals surface area (Å²) in [5.41, 5.74) is 5.85. The number of likely N-dealkylation sites (tertiary alicyclic amines) is 1. The van der Waals surface area contributed by atoms with Gasteiger partial charge in [0.25, 0.3) is 11.8 Å². The summed E-state index contributed by atoms with van der Waals surface area (Å²) in [6, 6.07) is 9.94. The van der Waals surface area contributed by atoms with Gasteiger partial charge < -0.3 is 20.1 Å². The van der Waals surface area contributed by atoms with Gasteiger partial charge in [0.1, 0.15) is 5.82 Å². The van der Waals surface area contributed by atoms with Crippen molar-refractivity contribution in [1.82, 2.24) is 14.8 Å². The number of hydrogen-bond acceptors (Lipinski definition) is 3. The van der Waals surface area contributed by atoms with Gasteiger partial charge in [-0.05, 0) is 74.3 Å². The smallest absolute Gasteiger partial charge is 0.256 e. The van der Waals surface area contributed by atoms with Crippen LogP contribution in [0, 0.1) is 12.7 Å². The fourth-order valence-electron chi connectivity index (χ4n) is 5.93. The Balaban J connectivity index is 1.32. The molecule has 0 bridgehead atoms. The number of halogens is 2. The van der Waals surface area contributed by atoms with Gasteiger partial charge in [-0.25, -0.2) is 4.39 Å². The van der Waals surface area contributed by atoms with Crippen LogP contribution in [0.3, 0.4) is 0 Å². The van der Waals surface area contributed by atoms with Gasteiger partial charge in [-0.3, -0.25) is 9.59 Å². The van der Waals surface area contributed by atoms with Gasteiger partial charge in [-0.1, -0.05) is 30.2 Å². The second-order valence-electron chi connectivity index (χ2n) is 10.3. The van der Waals surface area contributed by atoms with Crippen LogP contribution in [0.5, 0.6) is 0 Å². The van der Waals surface area contributed by atoms with Crippen LogP contribution >= 0.6 is 11.6 Å². The minimum Gasteiger partial charge on any atom is -0.358 e. The largest absolute Gasteiger partial charge is 0.358 e. The number of benzene rings is 2. The first-order chi connectivity index (χ1) is 18.4. The molecule has 2 aromatic carbocycles. The topological polar surface area (TPSA) is 68.4 Å². The molecule has 3 aromatic rings. The summed E-state index contributed by atoms with van der Waals surface area (Å²) in [6.45, 7) is 6.46. The van der Waals surface area contributed by atoms with E-state index in [0.717, 1.165) is 49.6 Å². The quantitative estimate of drug-likeness (QED) is 0.411. The normalized spacial score (nSPS) is 18.6. The summed E-state index contributed by atoms with van der Waals surface area (Å²) >= 11 is 5.97. The van der Waals surface area contributed by atoms with Gasteiger partial charge in [0.2, 0.25) is 0 Å².